The lowest BCUT2D eigenvalue weighted by molar-refractivity contribution is -0.143. The molecule has 0 aliphatic carbocycles. The van der Waals surface area contributed by atoms with Crippen molar-refractivity contribution in [2.75, 3.05) is 26.4 Å². The highest BCUT2D eigenvalue weighted by atomic mass is 16.6. The number of carboxylic acid groups (broad SMARTS) is 1. The molecule has 0 bridgehead atoms. The minimum atomic E-state index is -1.01. The summed E-state index contributed by atoms with van der Waals surface area (Å²) in [7, 11) is 0. The van der Waals surface area contributed by atoms with Gasteiger partial charge in [-0.15, -0.1) is 0 Å². The molecule has 1 aromatic rings. The number of hydrogen-bond donors (Lipinski definition) is 2. The quantitative estimate of drug-likeness (QED) is 0.508. The van der Waals surface area contributed by atoms with Crippen molar-refractivity contribution in [2.24, 2.45) is 5.73 Å². The maximum atomic E-state index is 10.2. The lowest BCUT2D eigenvalue weighted by Gasteiger charge is -2.14. The topological polar surface area (TPSA) is 91.0 Å². The fourth-order valence-corrected chi connectivity index (χ4v) is 1.35. The number of benzene rings is 1. The molecule has 1 unspecified atom stereocenters. The molecule has 0 aliphatic rings. The number of ether oxygens (including phenoxy) is 3. The van der Waals surface area contributed by atoms with Gasteiger partial charge in [-0.05, 0) is 24.6 Å². The Balaban J connectivity index is 2.11. The van der Waals surface area contributed by atoms with Gasteiger partial charge in [0.2, 0.25) is 0 Å². The largest absolute Gasteiger partial charge is 0.489 e. The third-order valence-electron chi connectivity index (χ3n) is 2.19. The first-order valence-corrected chi connectivity index (χ1v) is 5.94. The lowest BCUT2D eigenvalue weighted by Crippen LogP contribution is -2.32. The summed E-state index contributed by atoms with van der Waals surface area (Å²) in [4.78, 5) is 10.2. The van der Waals surface area contributed by atoms with Gasteiger partial charge in [0.25, 0.3) is 0 Å². The number of carbonyl (C=O) groups is 1. The molecule has 0 amide bonds. The predicted molar refractivity (Wildman–Crippen MR) is 69.1 cm³/mol. The second-order valence-corrected chi connectivity index (χ2v) is 3.98. The van der Waals surface area contributed by atoms with Gasteiger partial charge in [0.15, 0.2) is 0 Å². The molecule has 3 N–H and O–H groups in total. The number of aliphatic carboxylic acids is 1. The summed E-state index contributed by atoms with van der Waals surface area (Å²) < 4.78 is 15.5. The second-order valence-electron chi connectivity index (χ2n) is 3.98. The van der Waals surface area contributed by atoms with Crippen molar-refractivity contribution in [1.82, 2.24) is 0 Å². The second kappa shape index (κ2) is 8.47. The summed E-state index contributed by atoms with van der Waals surface area (Å²) in [5, 5.41) is 8.34. The summed E-state index contributed by atoms with van der Waals surface area (Å²) in [5.41, 5.74) is 6.79. The average molecular weight is 269 g/mol. The minimum Gasteiger partial charge on any atom is -0.489 e. The van der Waals surface area contributed by atoms with Gasteiger partial charge in [0, 0.05) is 0 Å². The van der Waals surface area contributed by atoms with Crippen LogP contribution in [0.5, 0.6) is 5.75 Å². The smallest absolute Gasteiger partial charge is 0.329 e. The van der Waals surface area contributed by atoms with E-state index in [1.54, 1.807) is 0 Å². The predicted octanol–water partition coefficient (Wildman–Crippen LogP) is 0.776. The zero-order valence-corrected chi connectivity index (χ0v) is 10.9. The Labute approximate surface area is 112 Å². The Hall–Kier alpha value is -1.63. The molecule has 0 fully saturated rings. The highest BCUT2D eigenvalue weighted by molar-refractivity contribution is 5.67. The molecule has 0 heterocycles. The van der Waals surface area contributed by atoms with Crippen molar-refractivity contribution in [3.63, 3.8) is 0 Å². The minimum absolute atomic E-state index is 0.185. The van der Waals surface area contributed by atoms with Crippen LogP contribution in [0.4, 0.5) is 0 Å². The van der Waals surface area contributed by atoms with E-state index in [0.717, 1.165) is 11.3 Å². The summed E-state index contributed by atoms with van der Waals surface area (Å²) in [6.07, 6.45) is -0.575. The summed E-state index contributed by atoms with van der Waals surface area (Å²) >= 11 is 0. The third-order valence-corrected chi connectivity index (χ3v) is 2.19. The van der Waals surface area contributed by atoms with Crippen LogP contribution in [0.1, 0.15) is 5.56 Å². The highest BCUT2D eigenvalue weighted by Gasteiger charge is 2.04. The zero-order chi connectivity index (χ0) is 14.1. The molecule has 0 saturated heterocycles. The maximum Gasteiger partial charge on any atom is 0.329 e. The lowest BCUT2D eigenvalue weighted by atomic mass is 10.2. The molecule has 6 heteroatoms. The fourth-order valence-electron chi connectivity index (χ4n) is 1.35. The number of aryl methyl sites for hydroxylation is 1. The molecule has 0 saturated carbocycles. The normalized spacial score (nSPS) is 12.1. The molecule has 0 aliphatic heterocycles. The van der Waals surface area contributed by atoms with Gasteiger partial charge in [-0.2, -0.15) is 0 Å². The van der Waals surface area contributed by atoms with Crippen LogP contribution in [-0.2, 0) is 14.3 Å². The van der Waals surface area contributed by atoms with E-state index in [-0.39, 0.29) is 26.4 Å². The Morgan fingerprint density at radius 2 is 2.21 bits per heavy atom. The van der Waals surface area contributed by atoms with Crippen molar-refractivity contribution in [3.8, 4) is 5.75 Å². The molecular formula is C13H19NO5. The van der Waals surface area contributed by atoms with Crippen molar-refractivity contribution in [3.05, 3.63) is 29.8 Å². The van der Waals surface area contributed by atoms with Crippen LogP contribution in [0.2, 0.25) is 0 Å². The molecule has 1 rings (SSSR count). The summed E-state index contributed by atoms with van der Waals surface area (Å²) in [5.74, 6) is -0.270. The molecule has 0 spiro atoms. The molecule has 0 radical (unpaired) electrons. The van der Waals surface area contributed by atoms with Crippen LogP contribution in [0.15, 0.2) is 24.3 Å². The van der Waals surface area contributed by atoms with Crippen LogP contribution in [0, 0.1) is 6.92 Å². The molecule has 19 heavy (non-hydrogen) atoms. The van der Waals surface area contributed by atoms with Gasteiger partial charge in [0.1, 0.15) is 25.2 Å². The van der Waals surface area contributed by atoms with E-state index in [0.29, 0.717) is 0 Å². The van der Waals surface area contributed by atoms with Crippen LogP contribution in [0.3, 0.4) is 0 Å². The average Bonchev–Trinajstić information content (AvgIpc) is 2.35. The van der Waals surface area contributed by atoms with E-state index in [2.05, 4.69) is 0 Å². The maximum absolute atomic E-state index is 10.2. The first-order valence-electron chi connectivity index (χ1n) is 5.94. The molecule has 106 valence electrons. The van der Waals surface area contributed by atoms with Crippen LogP contribution in [-0.4, -0.2) is 43.7 Å². The van der Waals surface area contributed by atoms with Gasteiger partial charge in [-0.3, -0.25) is 0 Å². The van der Waals surface area contributed by atoms with Crippen LogP contribution in [0.25, 0.3) is 0 Å². The van der Waals surface area contributed by atoms with Crippen molar-refractivity contribution >= 4 is 5.97 Å². The third kappa shape index (κ3) is 7.40. The molecular weight excluding hydrogens is 250 g/mol. The number of hydrogen-bond acceptors (Lipinski definition) is 5. The van der Waals surface area contributed by atoms with Gasteiger partial charge in [-0.25, -0.2) is 4.79 Å². The van der Waals surface area contributed by atoms with E-state index >= 15 is 0 Å². The van der Waals surface area contributed by atoms with Gasteiger partial charge in [-0.1, -0.05) is 12.1 Å². The monoisotopic (exact) mass is 269 g/mol. The summed E-state index contributed by atoms with van der Waals surface area (Å²) in [6, 6.07) is 7.62. The highest BCUT2D eigenvalue weighted by Crippen LogP contribution is 2.12. The summed E-state index contributed by atoms with van der Waals surface area (Å²) in [6.45, 7) is 2.28. The standard InChI is InChI=1S/C13H19NO5/c1-10-3-2-4-11(7-10)19-8-12(14)18-6-5-17-9-13(15)16/h2-4,7,12H,5-6,8-9,14H2,1H3,(H,15,16). The first kappa shape index (κ1) is 15.4. The number of rotatable bonds is 9. The van der Waals surface area contributed by atoms with Crippen LogP contribution < -0.4 is 10.5 Å². The van der Waals surface area contributed by atoms with Gasteiger partial charge >= 0.3 is 5.97 Å². The van der Waals surface area contributed by atoms with E-state index in [1.807, 2.05) is 31.2 Å². The van der Waals surface area contributed by atoms with E-state index in [4.69, 9.17) is 25.1 Å². The number of carboxylic acids is 1. The Morgan fingerprint density at radius 1 is 1.42 bits per heavy atom. The first-order chi connectivity index (χ1) is 9.08. The molecule has 1 aromatic carbocycles. The Bertz CT molecular complexity index is 396. The molecule has 0 aromatic heterocycles. The Kier molecular flexibility index (Phi) is 6.88. The van der Waals surface area contributed by atoms with Gasteiger partial charge < -0.3 is 25.1 Å². The van der Waals surface area contributed by atoms with E-state index in [9.17, 15) is 4.79 Å². The van der Waals surface area contributed by atoms with Crippen molar-refractivity contribution in [2.45, 2.75) is 13.2 Å². The fraction of sp³-hybridized carbons (Fsp3) is 0.462. The van der Waals surface area contributed by atoms with Crippen molar-refractivity contribution < 1.29 is 24.1 Å². The van der Waals surface area contributed by atoms with Crippen molar-refractivity contribution in [1.29, 1.82) is 0 Å². The SMILES string of the molecule is Cc1cccc(OCC(N)OCCOCC(=O)O)c1. The van der Waals surface area contributed by atoms with E-state index in [1.165, 1.54) is 0 Å². The zero-order valence-electron chi connectivity index (χ0n) is 10.9. The Morgan fingerprint density at radius 3 is 2.89 bits per heavy atom. The van der Waals surface area contributed by atoms with Gasteiger partial charge in [0.05, 0.1) is 13.2 Å². The number of nitrogens with two attached hydrogens (primary N) is 1. The van der Waals surface area contributed by atoms with E-state index < -0.39 is 12.2 Å². The molecule has 1 atom stereocenters. The molecule has 6 nitrogen and oxygen atoms in total. The van der Waals surface area contributed by atoms with Crippen LogP contribution >= 0.6 is 0 Å².